The number of carbonyl (C=O) groups is 3. The van der Waals surface area contributed by atoms with Crippen LogP contribution in [0.15, 0.2) is 0 Å². The van der Waals surface area contributed by atoms with Crippen molar-refractivity contribution in [3.63, 3.8) is 0 Å². The zero-order valence-electron chi connectivity index (χ0n) is 13.3. The molecule has 0 heterocycles. The molecule has 6 nitrogen and oxygen atoms in total. The zero-order chi connectivity index (χ0) is 17.5. The lowest BCUT2D eigenvalue weighted by Gasteiger charge is -2.17. The van der Waals surface area contributed by atoms with E-state index in [1.807, 2.05) is 0 Å². The number of carbonyl (C=O) groups excluding carboxylic acids is 3. The van der Waals surface area contributed by atoms with Crippen LogP contribution in [0, 0.1) is 24.7 Å². The van der Waals surface area contributed by atoms with Gasteiger partial charge in [0.2, 0.25) is 0 Å². The summed E-state index contributed by atoms with van der Waals surface area (Å²) in [6.45, 7) is 0.870. The Morgan fingerprint density at radius 2 is 1.35 bits per heavy atom. The Morgan fingerprint density at radius 1 is 0.913 bits per heavy atom. The molecule has 6 heteroatoms. The van der Waals surface area contributed by atoms with Crippen LogP contribution in [-0.2, 0) is 28.6 Å². The number of esters is 3. The summed E-state index contributed by atoms with van der Waals surface area (Å²) < 4.78 is 14.9. The maximum atomic E-state index is 11.5. The number of hydrogen-bond acceptors (Lipinski definition) is 6. The van der Waals surface area contributed by atoms with Gasteiger partial charge in [-0.2, -0.15) is 0 Å². The van der Waals surface area contributed by atoms with Crippen LogP contribution in [0.2, 0.25) is 0 Å². The lowest BCUT2D eigenvalue weighted by molar-refractivity contribution is -0.165. The number of unbranched alkanes of at least 4 members (excludes halogenated alkanes) is 2. The molecule has 0 bridgehead atoms. The topological polar surface area (TPSA) is 78.9 Å². The van der Waals surface area contributed by atoms with Gasteiger partial charge in [-0.05, 0) is 12.8 Å². The summed E-state index contributed by atoms with van der Waals surface area (Å²) in [6.07, 6.45) is 11.7. The second-order valence-electron chi connectivity index (χ2n) is 4.71. The van der Waals surface area contributed by atoms with E-state index in [2.05, 4.69) is 11.8 Å². The van der Waals surface area contributed by atoms with E-state index in [-0.39, 0.29) is 26.1 Å². The van der Waals surface area contributed by atoms with Gasteiger partial charge in [-0.1, -0.05) is 0 Å². The third-order valence-electron chi connectivity index (χ3n) is 2.60. The monoisotopic (exact) mass is 322 g/mol. The van der Waals surface area contributed by atoms with Gasteiger partial charge in [0.1, 0.15) is 13.2 Å². The minimum Gasteiger partial charge on any atom is -0.462 e. The van der Waals surface area contributed by atoms with Crippen LogP contribution in [0.25, 0.3) is 0 Å². The fourth-order valence-corrected chi connectivity index (χ4v) is 1.54. The fourth-order valence-electron chi connectivity index (χ4n) is 1.54. The van der Waals surface area contributed by atoms with Crippen molar-refractivity contribution in [2.45, 2.75) is 51.6 Å². The summed E-state index contributed by atoms with van der Waals surface area (Å²) in [6, 6.07) is 0. The molecule has 0 aromatic heterocycles. The Kier molecular flexibility index (Phi) is 11.8. The van der Waals surface area contributed by atoms with E-state index in [1.165, 1.54) is 6.92 Å². The largest absolute Gasteiger partial charge is 0.462 e. The molecule has 0 radical (unpaired) electrons. The van der Waals surface area contributed by atoms with Crippen LogP contribution < -0.4 is 0 Å². The van der Waals surface area contributed by atoms with Crippen LogP contribution in [-0.4, -0.2) is 37.2 Å². The van der Waals surface area contributed by atoms with E-state index >= 15 is 0 Å². The van der Waals surface area contributed by atoms with Crippen LogP contribution in [0.1, 0.15) is 45.4 Å². The van der Waals surface area contributed by atoms with Gasteiger partial charge < -0.3 is 14.2 Å². The van der Waals surface area contributed by atoms with Gasteiger partial charge in [0, 0.05) is 32.6 Å². The number of ether oxygens (including phenoxy) is 3. The molecule has 0 aliphatic heterocycles. The molecule has 0 atom stereocenters. The van der Waals surface area contributed by atoms with Gasteiger partial charge in [0.25, 0.3) is 0 Å². The highest BCUT2D eigenvalue weighted by Crippen LogP contribution is 2.03. The first kappa shape index (κ1) is 20.5. The van der Waals surface area contributed by atoms with Gasteiger partial charge in [0.15, 0.2) is 6.10 Å². The smallest absolute Gasteiger partial charge is 0.305 e. The van der Waals surface area contributed by atoms with Crippen LogP contribution in [0.4, 0.5) is 0 Å². The van der Waals surface area contributed by atoms with Crippen LogP contribution >= 0.6 is 0 Å². The molecule has 0 fully saturated rings. The van der Waals surface area contributed by atoms with E-state index in [9.17, 15) is 14.4 Å². The SMILES string of the molecule is C#CCCCC(=O)OCC(COC(=O)CCCC#C)OC(C)=O. The molecular weight excluding hydrogens is 300 g/mol. The van der Waals surface area contributed by atoms with E-state index in [4.69, 9.17) is 27.1 Å². The summed E-state index contributed by atoms with van der Waals surface area (Å²) in [5, 5.41) is 0. The Balaban J connectivity index is 4.13. The second kappa shape index (κ2) is 13.2. The quantitative estimate of drug-likeness (QED) is 0.249. The molecule has 0 saturated heterocycles. The number of hydrogen-bond donors (Lipinski definition) is 0. The molecule has 0 unspecified atom stereocenters. The van der Waals surface area contributed by atoms with E-state index in [1.54, 1.807) is 0 Å². The maximum Gasteiger partial charge on any atom is 0.305 e. The summed E-state index contributed by atoms with van der Waals surface area (Å²) in [7, 11) is 0. The molecule has 0 N–H and O–H groups in total. The maximum absolute atomic E-state index is 11.5. The average molecular weight is 322 g/mol. The molecule has 0 spiro atoms. The third kappa shape index (κ3) is 12.9. The predicted octanol–water partition coefficient (Wildman–Crippen LogP) is 1.61. The van der Waals surface area contributed by atoms with Gasteiger partial charge in [-0.3, -0.25) is 14.4 Å². The minimum atomic E-state index is -0.833. The van der Waals surface area contributed by atoms with Crippen molar-refractivity contribution in [2.75, 3.05) is 13.2 Å². The van der Waals surface area contributed by atoms with Gasteiger partial charge >= 0.3 is 17.9 Å². The molecule has 0 rings (SSSR count). The lowest BCUT2D eigenvalue weighted by Crippen LogP contribution is -2.30. The van der Waals surface area contributed by atoms with Crippen LogP contribution in [0.3, 0.4) is 0 Å². The Bertz CT molecular complexity index is 432. The lowest BCUT2D eigenvalue weighted by atomic mass is 10.2. The van der Waals surface area contributed by atoms with Crippen molar-refractivity contribution < 1.29 is 28.6 Å². The standard InChI is InChI=1S/C17H22O6/c1-4-6-8-10-16(19)21-12-15(23-14(3)18)13-22-17(20)11-9-7-5-2/h1-2,15H,6-13H2,3H3. The van der Waals surface area contributed by atoms with E-state index < -0.39 is 24.0 Å². The van der Waals surface area contributed by atoms with Crippen molar-refractivity contribution in [3.8, 4) is 24.7 Å². The van der Waals surface area contributed by atoms with Gasteiger partial charge in [0.05, 0.1) is 0 Å². The van der Waals surface area contributed by atoms with Crippen molar-refractivity contribution in [1.29, 1.82) is 0 Å². The average Bonchev–Trinajstić information content (AvgIpc) is 2.50. The highest BCUT2D eigenvalue weighted by Gasteiger charge is 2.17. The van der Waals surface area contributed by atoms with E-state index in [0.717, 1.165) is 0 Å². The normalized spacial score (nSPS) is 9.57. The van der Waals surface area contributed by atoms with Crippen molar-refractivity contribution in [3.05, 3.63) is 0 Å². The molecule has 0 amide bonds. The van der Waals surface area contributed by atoms with Crippen LogP contribution in [0.5, 0.6) is 0 Å². The predicted molar refractivity (Wildman–Crippen MR) is 82.8 cm³/mol. The molecule has 0 aromatic rings. The number of rotatable bonds is 11. The van der Waals surface area contributed by atoms with Crippen molar-refractivity contribution in [2.24, 2.45) is 0 Å². The summed E-state index contributed by atoms with van der Waals surface area (Å²) in [5.74, 6) is 3.39. The summed E-state index contributed by atoms with van der Waals surface area (Å²) >= 11 is 0. The first-order valence-corrected chi connectivity index (χ1v) is 7.35. The Hall–Kier alpha value is -2.47. The van der Waals surface area contributed by atoms with Crippen molar-refractivity contribution >= 4 is 17.9 Å². The third-order valence-corrected chi connectivity index (χ3v) is 2.60. The first-order chi connectivity index (χ1) is 11.0. The first-order valence-electron chi connectivity index (χ1n) is 7.35. The second-order valence-corrected chi connectivity index (χ2v) is 4.71. The Morgan fingerprint density at radius 3 is 1.70 bits per heavy atom. The minimum absolute atomic E-state index is 0.175. The molecule has 23 heavy (non-hydrogen) atoms. The molecule has 0 aliphatic rings. The molecule has 0 aromatic carbocycles. The highest BCUT2D eigenvalue weighted by molar-refractivity contribution is 5.70. The molecular formula is C17H22O6. The van der Waals surface area contributed by atoms with Crippen molar-refractivity contribution in [1.82, 2.24) is 0 Å². The summed E-state index contributed by atoms with van der Waals surface area (Å²) in [5.41, 5.74) is 0. The number of terminal acetylenes is 2. The fraction of sp³-hybridized carbons (Fsp3) is 0.588. The van der Waals surface area contributed by atoms with Gasteiger partial charge in [-0.15, -0.1) is 24.7 Å². The van der Waals surface area contributed by atoms with E-state index in [0.29, 0.717) is 25.7 Å². The molecule has 0 aliphatic carbocycles. The zero-order valence-corrected chi connectivity index (χ0v) is 13.3. The molecule has 0 saturated carbocycles. The van der Waals surface area contributed by atoms with Gasteiger partial charge in [-0.25, -0.2) is 0 Å². The summed E-state index contributed by atoms with van der Waals surface area (Å²) in [4.78, 5) is 33.9. The molecule has 126 valence electrons. The highest BCUT2D eigenvalue weighted by atomic mass is 16.6. The Labute approximate surface area is 136 Å².